The first-order chi connectivity index (χ1) is 8.50. The standard InChI is InChI=1S/C15H21NO2/c1-15(2)8-13-12(14(17)9-15)4-5-16(13)10-6-11(7-10)18-3/h4-5,10-11H,6-9H2,1-3H3. The highest BCUT2D eigenvalue weighted by atomic mass is 16.5. The summed E-state index contributed by atoms with van der Waals surface area (Å²) >= 11 is 0. The second-order valence-electron chi connectivity index (χ2n) is 6.51. The van der Waals surface area contributed by atoms with Crippen molar-refractivity contribution in [2.24, 2.45) is 5.41 Å². The number of fused-ring (bicyclic) bond motifs is 1. The number of aromatic nitrogens is 1. The molecule has 1 fully saturated rings. The van der Waals surface area contributed by atoms with Crippen molar-refractivity contribution in [2.75, 3.05) is 7.11 Å². The van der Waals surface area contributed by atoms with Crippen LogP contribution in [-0.4, -0.2) is 23.6 Å². The van der Waals surface area contributed by atoms with Gasteiger partial charge in [-0.15, -0.1) is 0 Å². The van der Waals surface area contributed by atoms with Crippen LogP contribution in [0.3, 0.4) is 0 Å². The van der Waals surface area contributed by atoms with Crippen molar-refractivity contribution >= 4 is 5.78 Å². The number of nitrogens with zero attached hydrogens (tertiary/aromatic N) is 1. The van der Waals surface area contributed by atoms with Gasteiger partial charge in [0.1, 0.15) is 0 Å². The van der Waals surface area contributed by atoms with E-state index in [1.54, 1.807) is 7.11 Å². The summed E-state index contributed by atoms with van der Waals surface area (Å²) < 4.78 is 7.66. The lowest BCUT2D eigenvalue weighted by molar-refractivity contribution is 0.00512. The first-order valence-electron chi connectivity index (χ1n) is 6.76. The second-order valence-corrected chi connectivity index (χ2v) is 6.51. The Morgan fingerprint density at radius 2 is 2.06 bits per heavy atom. The van der Waals surface area contributed by atoms with Gasteiger partial charge in [0.25, 0.3) is 0 Å². The lowest BCUT2D eigenvalue weighted by Crippen LogP contribution is -2.35. The zero-order chi connectivity index (χ0) is 12.9. The Bertz CT molecular complexity index is 481. The Hall–Kier alpha value is -1.09. The van der Waals surface area contributed by atoms with Crippen LogP contribution in [0.2, 0.25) is 0 Å². The number of ether oxygens (including phenoxy) is 1. The molecular formula is C15H21NO2. The third kappa shape index (κ3) is 1.81. The Balaban J connectivity index is 1.89. The van der Waals surface area contributed by atoms with Crippen LogP contribution in [0.15, 0.2) is 12.3 Å². The number of hydrogen-bond acceptors (Lipinski definition) is 2. The van der Waals surface area contributed by atoms with E-state index in [1.165, 1.54) is 5.69 Å². The van der Waals surface area contributed by atoms with E-state index in [9.17, 15) is 4.79 Å². The maximum Gasteiger partial charge on any atom is 0.165 e. The lowest BCUT2D eigenvalue weighted by Gasteiger charge is -2.38. The largest absolute Gasteiger partial charge is 0.381 e. The molecule has 3 rings (SSSR count). The Labute approximate surface area is 108 Å². The van der Waals surface area contributed by atoms with E-state index in [0.29, 0.717) is 24.3 Å². The fourth-order valence-corrected chi connectivity index (χ4v) is 3.27. The predicted molar refractivity (Wildman–Crippen MR) is 69.9 cm³/mol. The lowest BCUT2D eigenvalue weighted by atomic mass is 9.76. The minimum absolute atomic E-state index is 0.102. The molecule has 0 saturated heterocycles. The van der Waals surface area contributed by atoms with Crippen LogP contribution in [0, 0.1) is 5.41 Å². The van der Waals surface area contributed by atoms with Crippen molar-refractivity contribution in [3.63, 3.8) is 0 Å². The van der Waals surface area contributed by atoms with Crippen LogP contribution in [0.25, 0.3) is 0 Å². The summed E-state index contributed by atoms with van der Waals surface area (Å²) in [5.74, 6) is 0.308. The van der Waals surface area contributed by atoms with Crippen LogP contribution >= 0.6 is 0 Å². The van der Waals surface area contributed by atoms with Gasteiger partial charge in [-0.05, 0) is 30.7 Å². The highest BCUT2D eigenvalue weighted by molar-refractivity contribution is 5.98. The number of rotatable bonds is 2. The normalized spacial score (nSPS) is 29.8. The first-order valence-corrected chi connectivity index (χ1v) is 6.76. The summed E-state index contributed by atoms with van der Waals surface area (Å²) in [5, 5.41) is 0. The van der Waals surface area contributed by atoms with Gasteiger partial charge in [0.05, 0.1) is 6.10 Å². The molecule has 1 heterocycles. The highest BCUT2D eigenvalue weighted by Gasteiger charge is 2.37. The van der Waals surface area contributed by atoms with E-state index in [-0.39, 0.29) is 5.41 Å². The summed E-state index contributed by atoms with van der Waals surface area (Å²) in [6.45, 7) is 4.37. The molecule has 1 aromatic rings. The molecule has 3 nitrogen and oxygen atoms in total. The minimum atomic E-state index is 0.102. The molecule has 0 aromatic carbocycles. The predicted octanol–water partition coefficient (Wildman–Crippen LogP) is 2.99. The molecule has 98 valence electrons. The van der Waals surface area contributed by atoms with E-state index in [0.717, 1.165) is 24.8 Å². The van der Waals surface area contributed by atoms with Crippen LogP contribution in [-0.2, 0) is 11.2 Å². The number of carbonyl (C=O) groups is 1. The molecule has 0 amide bonds. The highest BCUT2D eigenvalue weighted by Crippen LogP contribution is 2.41. The summed E-state index contributed by atoms with van der Waals surface area (Å²) in [6.07, 6.45) is 6.34. The summed E-state index contributed by atoms with van der Waals surface area (Å²) in [6, 6.07) is 2.54. The molecule has 1 saturated carbocycles. The molecule has 0 atom stereocenters. The van der Waals surface area contributed by atoms with Crippen LogP contribution in [0.1, 0.15) is 55.2 Å². The molecule has 0 radical (unpaired) electrons. The molecule has 2 aliphatic carbocycles. The van der Waals surface area contributed by atoms with E-state index in [4.69, 9.17) is 4.74 Å². The van der Waals surface area contributed by atoms with Gasteiger partial charge >= 0.3 is 0 Å². The molecule has 0 spiro atoms. The number of Topliss-reactive ketones (excluding diaryl/α,β-unsaturated/α-hetero) is 1. The Morgan fingerprint density at radius 1 is 1.33 bits per heavy atom. The van der Waals surface area contributed by atoms with Crippen molar-refractivity contribution in [1.29, 1.82) is 0 Å². The van der Waals surface area contributed by atoms with Gasteiger partial charge in [0.15, 0.2) is 5.78 Å². The fourth-order valence-electron chi connectivity index (χ4n) is 3.27. The van der Waals surface area contributed by atoms with Crippen molar-refractivity contribution in [3.05, 3.63) is 23.5 Å². The Kier molecular flexibility index (Phi) is 2.63. The van der Waals surface area contributed by atoms with Crippen molar-refractivity contribution in [1.82, 2.24) is 4.57 Å². The molecular weight excluding hydrogens is 226 g/mol. The molecule has 1 aromatic heterocycles. The maximum atomic E-state index is 12.1. The second kappa shape index (κ2) is 3.95. The molecule has 0 aliphatic heterocycles. The minimum Gasteiger partial charge on any atom is -0.381 e. The summed E-state index contributed by atoms with van der Waals surface area (Å²) in [7, 11) is 1.78. The summed E-state index contributed by atoms with van der Waals surface area (Å²) in [5.41, 5.74) is 2.30. The zero-order valence-electron chi connectivity index (χ0n) is 11.4. The van der Waals surface area contributed by atoms with Crippen LogP contribution in [0.5, 0.6) is 0 Å². The number of methoxy groups -OCH3 is 1. The third-order valence-electron chi connectivity index (χ3n) is 4.41. The van der Waals surface area contributed by atoms with E-state index < -0.39 is 0 Å². The van der Waals surface area contributed by atoms with E-state index >= 15 is 0 Å². The molecule has 0 unspecified atom stereocenters. The van der Waals surface area contributed by atoms with Gasteiger partial charge in [0.2, 0.25) is 0 Å². The monoisotopic (exact) mass is 247 g/mol. The average Bonchev–Trinajstić information content (AvgIpc) is 2.59. The number of ketones is 1. The van der Waals surface area contributed by atoms with E-state index in [2.05, 4.69) is 24.6 Å². The molecule has 18 heavy (non-hydrogen) atoms. The van der Waals surface area contributed by atoms with Crippen molar-refractivity contribution in [3.8, 4) is 0 Å². The van der Waals surface area contributed by atoms with Gasteiger partial charge in [-0.2, -0.15) is 0 Å². The van der Waals surface area contributed by atoms with Gasteiger partial charge in [-0.25, -0.2) is 0 Å². The molecule has 0 N–H and O–H groups in total. The third-order valence-corrected chi connectivity index (χ3v) is 4.41. The first kappa shape index (κ1) is 12.0. The van der Waals surface area contributed by atoms with E-state index in [1.807, 2.05) is 6.07 Å². The SMILES string of the molecule is COC1CC(n2ccc3c2CC(C)(C)CC3=O)C1. The maximum absolute atomic E-state index is 12.1. The molecule has 0 bridgehead atoms. The van der Waals surface area contributed by atoms with Crippen molar-refractivity contribution in [2.45, 2.75) is 51.7 Å². The quantitative estimate of drug-likeness (QED) is 0.804. The molecule has 2 aliphatic rings. The van der Waals surface area contributed by atoms with Gasteiger partial charge in [-0.1, -0.05) is 13.8 Å². The summed E-state index contributed by atoms with van der Waals surface area (Å²) in [4.78, 5) is 12.1. The zero-order valence-corrected chi connectivity index (χ0v) is 11.4. The van der Waals surface area contributed by atoms with Crippen LogP contribution in [0.4, 0.5) is 0 Å². The van der Waals surface area contributed by atoms with Gasteiger partial charge < -0.3 is 9.30 Å². The Morgan fingerprint density at radius 3 is 2.72 bits per heavy atom. The molecule has 3 heteroatoms. The van der Waals surface area contributed by atoms with Crippen LogP contribution < -0.4 is 0 Å². The fraction of sp³-hybridized carbons (Fsp3) is 0.667. The number of carbonyl (C=O) groups excluding carboxylic acids is 1. The topological polar surface area (TPSA) is 31.2 Å². The smallest absolute Gasteiger partial charge is 0.165 e. The number of hydrogen-bond donors (Lipinski definition) is 0. The average molecular weight is 247 g/mol. The van der Waals surface area contributed by atoms with Gasteiger partial charge in [0, 0.05) is 37.0 Å². The van der Waals surface area contributed by atoms with Gasteiger partial charge in [-0.3, -0.25) is 4.79 Å². The van der Waals surface area contributed by atoms with Crippen molar-refractivity contribution < 1.29 is 9.53 Å².